The van der Waals surface area contributed by atoms with E-state index in [-0.39, 0.29) is 30.1 Å². The number of aliphatic hydroxyl groups excluding tert-OH is 1. The Hall–Kier alpha value is -3.47. The van der Waals surface area contributed by atoms with Crippen LogP contribution in [-0.4, -0.2) is 50.4 Å². The van der Waals surface area contributed by atoms with E-state index in [0.29, 0.717) is 11.4 Å². The summed E-state index contributed by atoms with van der Waals surface area (Å²) >= 11 is 0. The zero-order valence-corrected chi connectivity index (χ0v) is 21.5. The van der Waals surface area contributed by atoms with Crippen LogP contribution in [0.4, 0.5) is 13.2 Å². The monoisotopic (exact) mass is 519 g/mol. The predicted molar refractivity (Wildman–Crippen MR) is 131 cm³/mol. The minimum Gasteiger partial charge on any atom is -0.483 e. The van der Waals surface area contributed by atoms with E-state index in [1.54, 1.807) is 20.0 Å². The summed E-state index contributed by atoms with van der Waals surface area (Å²) in [5, 5.41) is 20.8. The number of rotatable bonds is 9. The number of carbonyl (C=O) groups is 1. The molecule has 3 aromatic rings. The lowest BCUT2D eigenvalue weighted by Gasteiger charge is -2.21. The number of amides is 1. The second-order valence-corrected chi connectivity index (χ2v) is 10.5. The van der Waals surface area contributed by atoms with E-state index in [4.69, 9.17) is 4.74 Å². The van der Waals surface area contributed by atoms with Crippen molar-refractivity contribution in [3.63, 3.8) is 0 Å². The highest BCUT2D eigenvalue weighted by molar-refractivity contribution is 5.79. The number of nitrogens with zero attached hydrogens (tertiary/aromatic N) is 4. The van der Waals surface area contributed by atoms with Gasteiger partial charge in [0.25, 0.3) is 0 Å². The number of hydrogen-bond acceptors (Lipinski definition) is 6. The molecule has 0 saturated carbocycles. The molecule has 200 valence electrons. The summed E-state index contributed by atoms with van der Waals surface area (Å²) in [6.45, 7) is 8.23. The van der Waals surface area contributed by atoms with Crippen molar-refractivity contribution in [1.29, 1.82) is 0 Å². The van der Waals surface area contributed by atoms with Crippen LogP contribution in [0.25, 0.3) is 0 Å². The van der Waals surface area contributed by atoms with Crippen molar-refractivity contribution in [3.05, 3.63) is 71.3 Å². The molecule has 2 aromatic heterocycles. The third kappa shape index (κ3) is 7.75. The lowest BCUT2D eigenvalue weighted by atomic mass is 9.86. The Kier molecular flexibility index (Phi) is 8.26. The molecule has 8 nitrogen and oxygen atoms in total. The van der Waals surface area contributed by atoms with E-state index < -0.39 is 24.4 Å². The number of nitrogens with one attached hydrogen (secondary N) is 1. The molecule has 0 aliphatic rings. The first-order valence-electron chi connectivity index (χ1n) is 11.8. The van der Waals surface area contributed by atoms with Crippen LogP contribution < -0.4 is 10.1 Å². The van der Waals surface area contributed by atoms with Crippen LogP contribution in [-0.2, 0) is 22.2 Å². The van der Waals surface area contributed by atoms with Gasteiger partial charge in [-0.2, -0.15) is 13.2 Å². The Bertz CT molecular complexity index is 1180. The molecule has 2 heterocycles. The first-order chi connectivity index (χ1) is 17.2. The maximum absolute atomic E-state index is 13.0. The first kappa shape index (κ1) is 28.1. The zero-order chi connectivity index (χ0) is 27.4. The molecule has 1 aromatic carbocycles. The van der Waals surface area contributed by atoms with E-state index in [2.05, 4.69) is 41.4 Å². The fourth-order valence-electron chi connectivity index (χ4n) is 3.41. The third-order valence-corrected chi connectivity index (χ3v) is 5.76. The maximum atomic E-state index is 13.0. The fourth-order valence-corrected chi connectivity index (χ4v) is 3.41. The topological polar surface area (TPSA) is 102 Å². The Balaban J connectivity index is 1.83. The third-order valence-electron chi connectivity index (χ3n) is 5.76. The van der Waals surface area contributed by atoms with Crippen LogP contribution in [0.2, 0.25) is 0 Å². The van der Waals surface area contributed by atoms with Gasteiger partial charge in [-0.1, -0.05) is 50.3 Å². The van der Waals surface area contributed by atoms with E-state index in [1.165, 1.54) is 16.8 Å². The minimum absolute atomic E-state index is 0.0122. The molecule has 0 fully saturated rings. The standard InChI is InChI=1S/C26H32F3N5O3/c1-24(2,3)18-8-6-17(7-9-18)12-22(36)31-23(21-14-34(33-32-21)25(4,5)15-35)20-11-10-19(13-30-20)37-16-26(27,28)29/h6-11,13-14,23,35H,12,15-16H2,1-5H3,(H,31,36)/t23-/m0/s1. The largest absolute Gasteiger partial charge is 0.483 e. The summed E-state index contributed by atoms with van der Waals surface area (Å²) in [5.41, 5.74) is 1.91. The van der Waals surface area contributed by atoms with Gasteiger partial charge in [0.2, 0.25) is 5.91 Å². The Morgan fingerprint density at radius 3 is 2.27 bits per heavy atom. The van der Waals surface area contributed by atoms with Gasteiger partial charge in [0.15, 0.2) is 6.61 Å². The van der Waals surface area contributed by atoms with Gasteiger partial charge in [-0.25, -0.2) is 4.68 Å². The summed E-state index contributed by atoms with van der Waals surface area (Å²) in [6, 6.07) is 9.76. The summed E-state index contributed by atoms with van der Waals surface area (Å²) in [4.78, 5) is 17.2. The number of benzene rings is 1. The average Bonchev–Trinajstić information content (AvgIpc) is 3.32. The van der Waals surface area contributed by atoms with Gasteiger partial charge in [0, 0.05) is 0 Å². The summed E-state index contributed by atoms with van der Waals surface area (Å²) < 4.78 is 43.6. The zero-order valence-electron chi connectivity index (χ0n) is 21.5. The second kappa shape index (κ2) is 10.9. The van der Waals surface area contributed by atoms with Gasteiger partial charge in [0.1, 0.15) is 17.5 Å². The number of pyridine rings is 1. The van der Waals surface area contributed by atoms with Crippen LogP contribution in [0.3, 0.4) is 0 Å². The Labute approximate surface area is 213 Å². The molecule has 0 aliphatic heterocycles. The van der Waals surface area contributed by atoms with Crippen molar-refractivity contribution < 1.29 is 27.8 Å². The minimum atomic E-state index is -4.47. The fraction of sp³-hybridized carbons (Fsp3) is 0.462. The van der Waals surface area contributed by atoms with E-state index in [9.17, 15) is 23.1 Å². The van der Waals surface area contributed by atoms with Gasteiger partial charge >= 0.3 is 6.18 Å². The van der Waals surface area contributed by atoms with Crippen molar-refractivity contribution in [1.82, 2.24) is 25.3 Å². The molecule has 11 heteroatoms. The van der Waals surface area contributed by atoms with Gasteiger partial charge < -0.3 is 15.2 Å². The average molecular weight is 520 g/mol. The lowest BCUT2D eigenvalue weighted by molar-refractivity contribution is -0.153. The van der Waals surface area contributed by atoms with Crippen LogP contribution in [0.5, 0.6) is 5.75 Å². The van der Waals surface area contributed by atoms with Crippen molar-refractivity contribution in [2.75, 3.05) is 13.2 Å². The number of alkyl halides is 3. The van der Waals surface area contributed by atoms with Gasteiger partial charge in [-0.15, -0.1) is 5.10 Å². The van der Waals surface area contributed by atoms with Crippen molar-refractivity contribution >= 4 is 5.91 Å². The Morgan fingerprint density at radius 2 is 1.73 bits per heavy atom. The van der Waals surface area contributed by atoms with Crippen LogP contribution in [0.1, 0.15) is 63.2 Å². The Morgan fingerprint density at radius 1 is 1.05 bits per heavy atom. The number of carbonyl (C=O) groups excluding carboxylic acids is 1. The molecule has 0 aliphatic carbocycles. The summed E-state index contributed by atoms with van der Waals surface area (Å²) in [6.07, 6.45) is -1.62. The number of aliphatic hydroxyl groups is 1. The normalized spacial score (nSPS) is 13.3. The quantitative estimate of drug-likeness (QED) is 0.442. The SMILES string of the molecule is CC(C)(C)c1ccc(CC(=O)N[C@@H](c2ccc(OCC(F)(F)F)cn2)c2cn(C(C)(C)CO)nn2)cc1. The molecule has 0 radical (unpaired) electrons. The molecule has 0 bridgehead atoms. The van der Waals surface area contributed by atoms with Crippen molar-refractivity contribution in [2.24, 2.45) is 0 Å². The summed E-state index contributed by atoms with van der Waals surface area (Å²) in [7, 11) is 0. The molecule has 3 rings (SSSR count). The van der Waals surface area contributed by atoms with Crippen molar-refractivity contribution in [3.8, 4) is 5.75 Å². The molecule has 0 unspecified atom stereocenters. The molecular formula is C26H32F3N5O3. The van der Waals surface area contributed by atoms with Crippen LogP contribution in [0.15, 0.2) is 48.8 Å². The summed E-state index contributed by atoms with van der Waals surface area (Å²) in [5.74, 6) is -0.362. The molecular weight excluding hydrogens is 487 g/mol. The molecule has 0 saturated heterocycles. The van der Waals surface area contributed by atoms with Gasteiger partial charge in [0.05, 0.1) is 36.7 Å². The number of hydrogen-bond donors (Lipinski definition) is 2. The number of aromatic nitrogens is 4. The number of halogens is 3. The lowest BCUT2D eigenvalue weighted by Crippen LogP contribution is -2.32. The van der Waals surface area contributed by atoms with Crippen LogP contribution in [0, 0.1) is 0 Å². The molecule has 1 atom stereocenters. The first-order valence-corrected chi connectivity index (χ1v) is 11.8. The van der Waals surface area contributed by atoms with E-state index in [1.807, 2.05) is 24.3 Å². The van der Waals surface area contributed by atoms with Crippen LogP contribution >= 0.6 is 0 Å². The highest BCUT2D eigenvalue weighted by Gasteiger charge is 2.29. The molecule has 37 heavy (non-hydrogen) atoms. The molecule has 2 N–H and O–H groups in total. The predicted octanol–water partition coefficient (Wildman–Crippen LogP) is 4.09. The highest BCUT2D eigenvalue weighted by atomic mass is 19.4. The molecule has 0 spiro atoms. The second-order valence-electron chi connectivity index (χ2n) is 10.5. The van der Waals surface area contributed by atoms with Gasteiger partial charge in [-0.3, -0.25) is 9.78 Å². The number of ether oxygens (including phenoxy) is 1. The van der Waals surface area contributed by atoms with Gasteiger partial charge in [-0.05, 0) is 42.5 Å². The van der Waals surface area contributed by atoms with E-state index >= 15 is 0 Å². The smallest absolute Gasteiger partial charge is 0.422 e. The molecule has 1 amide bonds. The van der Waals surface area contributed by atoms with E-state index in [0.717, 1.165) is 17.3 Å². The highest BCUT2D eigenvalue weighted by Crippen LogP contribution is 2.25. The van der Waals surface area contributed by atoms with Crippen molar-refractivity contribution in [2.45, 2.75) is 64.2 Å². The maximum Gasteiger partial charge on any atom is 0.422 e.